The summed E-state index contributed by atoms with van der Waals surface area (Å²) >= 11 is 1.54. The zero-order valence-electron chi connectivity index (χ0n) is 13.4. The maximum Gasteiger partial charge on any atom is 0.338 e. The van der Waals surface area contributed by atoms with Gasteiger partial charge >= 0.3 is 5.97 Å². The van der Waals surface area contributed by atoms with E-state index < -0.39 is 12.0 Å². The fraction of sp³-hybridized carbons (Fsp3) is 0.278. The van der Waals surface area contributed by atoms with Crippen molar-refractivity contribution in [1.29, 1.82) is 0 Å². The monoisotopic (exact) mass is 342 g/mol. The first-order valence-electron chi connectivity index (χ1n) is 7.70. The first-order valence-corrected chi connectivity index (χ1v) is 8.69. The van der Waals surface area contributed by atoms with E-state index in [9.17, 15) is 9.59 Å². The van der Waals surface area contributed by atoms with E-state index in [1.54, 1.807) is 11.8 Å². The van der Waals surface area contributed by atoms with Crippen molar-refractivity contribution in [2.24, 2.45) is 4.99 Å². The number of rotatable bonds is 4. The van der Waals surface area contributed by atoms with Gasteiger partial charge in [-0.2, -0.15) is 0 Å². The van der Waals surface area contributed by atoms with Crippen LogP contribution >= 0.6 is 11.8 Å². The topological polar surface area (TPSA) is 59.0 Å². The lowest BCUT2D eigenvalue weighted by Gasteiger charge is -2.38. The van der Waals surface area contributed by atoms with E-state index >= 15 is 0 Å². The van der Waals surface area contributed by atoms with E-state index in [1.165, 1.54) is 17.8 Å². The molecule has 0 bridgehead atoms. The van der Waals surface area contributed by atoms with Crippen LogP contribution in [-0.2, 0) is 14.3 Å². The smallest absolute Gasteiger partial charge is 0.338 e. The summed E-state index contributed by atoms with van der Waals surface area (Å²) in [7, 11) is 0. The Kier molecular flexibility index (Phi) is 4.85. The molecular weight excluding hydrogens is 324 g/mol. The Morgan fingerprint density at radius 1 is 1.46 bits per heavy atom. The maximum absolute atomic E-state index is 12.6. The Balaban J connectivity index is 2.10. The van der Waals surface area contributed by atoms with Gasteiger partial charge in [0.1, 0.15) is 6.61 Å². The number of amides is 1. The molecule has 5 nitrogen and oxygen atoms in total. The number of hydrogen-bond donors (Lipinski definition) is 0. The second kappa shape index (κ2) is 7.05. The second-order valence-corrected chi connectivity index (χ2v) is 6.52. The zero-order chi connectivity index (χ0) is 17.1. The molecule has 3 rings (SSSR count). The number of hydrogen-bond acceptors (Lipinski definition) is 5. The van der Waals surface area contributed by atoms with Crippen molar-refractivity contribution in [3.8, 4) is 0 Å². The van der Waals surface area contributed by atoms with E-state index in [0.717, 1.165) is 5.56 Å². The van der Waals surface area contributed by atoms with Crippen LogP contribution in [0.25, 0.3) is 0 Å². The summed E-state index contributed by atoms with van der Waals surface area (Å²) < 4.78 is 5.24. The molecule has 1 atom stereocenters. The van der Waals surface area contributed by atoms with Gasteiger partial charge in [0, 0.05) is 12.2 Å². The number of benzene rings is 1. The van der Waals surface area contributed by atoms with Crippen molar-refractivity contribution in [2.45, 2.75) is 19.4 Å². The molecule has 0 spiro atoms. The molecule has 0 radical (unpaired) electrons. The summed E-state index contributed by atoms with van der Waals surface area (Å²) in [4.78, 5) is 31.2. The van der Waals surface area contributed by atoms with Gasteiger partial charge in [-0.3, -0.25) is 9.69 Å². The standard InChI is InChI=1S/C18H18N2O3S/c1-3-10-23-17(22)15-12(2)19-18-20(14(21)9-11-24-18)16(15)13-7-5-4-6-8-13/h3-8,16H,1,9-11H2,2H3/t16-/m1/s1. The zero-order valence-corrected chi connectivity index (χ0v) is 14.2. The number of fused-ring (bicyclic) bond motifs is 1. The average Bonchev–Trinajstić information content (AvgIpc) is 2.59. The third-order valence-electron chi connectivity index (χ3n) is 3.87. The molecule has 1 saturated heterocycles. The molecule has 2 aliphatic heterocycles. The highest BCUT2D eigenvalue weighted by molar-refractivity contribution is 8.14. The number of nitrogens with zero attached hydrogens (tertiary/aromatic N) is 2. The molecule has 24 heavy (non-hydrogen) atoms. The van der Waals surface area contributed by atoms with Crippen LogP contribution in [0.1, 0.15) is 24.9 Å². The highest BCUT2D eigenvalue weighted by atomic mass is 32.2. The number of ether oxygens (including phenoxy) is 1. The normalized spacial score (nSPS) is 20.4. The van der Waals surface area contributed by atoms with E-state index in [4.69, 9.17) is 4.74 Å². The van der Waals surface area contributed by atoms with Gasteiger partial charge in [0.15, 0.2) is 5.17 Å². The molecule has 1 fully saturated rings. The number of carbonyl (C=O) groups is 2. The first kappa shape index (κ1) is 16.5. The summed E-state index contributed by atoms with van der Waals surface area (Å²) in [5.41, 5.74) is 1.86. The van der Waals surface area contributed by atoms with Crippen LogP contribution in [0.5, 0.6) is 0 Å². The molecule has 2 aliphatic rings. The molecule has 0 unspecified atom stereocenters. The largest absolute Gasteiger partial charge is 0.458 e. The van der Waals surface area contributed by atoms with Crippen LogP contribution in [0.15, 0.2) is 59.2 Å². The van der Waals surface area contributed by atoms with Gasteiger partial charge < -0.3 is 4.74 Å². The third-order valence-corrected chi connectivity index (χ3v) is 4.83. The fourth-order valence-electron chi connectivity index (χ4n) is 2.82. The van der Waals surface area contributed by atoms with Crippen LogP contribution < -0.4 is 0 Å². The highest BCUT2D eigenvalue weighted by Gasteiger charge is 2.41. The van der Waals surface area contributed by atoms with Crippen molar-refractivity contribution in [1.82, 2.24) is 4.90 Å². The molecule has 2 heterocycles. The number of allylic oxidation sites excluding steroid dienone is 1. The molecule has 1 aromatic rings. The van der Waals surface area contributed by atoms with E-state index in [1.807, 2.05) is 30.3 Å². The Morgan fingerprint density at radius 3 is 2.92 bits per heavy atom. The Morgan fingerprint density at radius 2 is 2.21 bits per heavy atom. The molecule has 1 amide bonds. The first-order chi connectivity index (χ1) is 11.6. The number of carbonyl (C=O) groups excluding carboxylic acids is 2. The number of esters is 1. The summed E-state index contributed by atoms with van der Waals surface area (Å²) in [6.45, 7) is 5.47. The fourth-order valence-corrected chi connectivity index (χ4v) is 3.83. The molecule has 0 saturated carbocycles. The van der Waals surface area contributed by atoms with Crippen molar-refractivity contribution >= 4 is 28.8 Å². The molecule has 0 aromatic heterocycles. The predicted octanol–water partition coefficient (Wildman–Crippen LogP) is 3.07. The van der Waals surface area contributed by atoms with E-state index in [-0.39, 0.29) is 12.5 Å². The lowest BCUT2D eigenvalue weighted by molar-refractivity contribution is -0.139. The minimum atomic E-state index is -0.503. The molecule has 124 valence electrons. The van der Waals surface area contributed by atoms with Gasteiger partial charge in [-0.25, -0.2) is 9.79 Å². The Hall–Kier alpha value is -2.34. The number of amidine groups is 1. The van der Waals surface area contributed by atoms with Crippen molar-refractivity contribution in [3.63, 3.8) is 0 Å². The second-order valence-electron chi connectivity index (χ2n) is 5.46. The van der Waals surface area contributed by atoms with Gasteiger partial charge in [-0.15, -0.1) is 0 Å². The van der Waals surface area contributed by atoms with E-state index in [0.29, 0.717) is 28.6 Å². The minimum absolute atomic E-state index is 0.0251. The van der Waals surface area contributed by atoms with Crippen molar-refractivity contribution < 1.29 is 14.3 Å². The van der Waals surface area contributed by atoms with Crippen LogP contribution in [0.2, 0.25) is 0 Å². The van der Waals surface area contributed by atoms with Crippen LogP contribution in [0.4, 0.5) is 0 Å². The molecule has 1 aromatic carbocycles. The van der Waals surface area contributed by atoms with Crippen LogP contribution in [0.3, 0.4) is 0 Å². The predicted molar refractivity (Wildman–Crippen MR) is 94.4 cm³/mol. The highest BCUT2D eigenvalue weighted by Crippen LogP contribution is 2.40. The maximum atomic E-state index is 12.6. The minimum Gasteiger partial charge on any atom is -0.458 e. The SMILES string of the molecule is C=CCOC(=O)C1=C(C)N=C2SCCC(=O)N2[C@@H]1c1ccccc1. The molecule has 0 aliphatic carbocycles. The molecular formula is C18H18N2O3S. The van der Waals surface area contributed by atoms with Gasteiger partial charge in [-0.1, -0.05) is 54.7 Å². The lowest BCUT2D eigenvalue weighted by Crippen LogP contribution is -2.45. The average molecular weight is 342 g/mol. The summed E-state index contributed by atoms with van der Waals surface area (Å²) in [5.74, 6) is 0.217. The third kappa shape index (κ3) is 3.01. The Labute approximate surface area is 145 Å². The van der Waals surface area contributed by atoms with Gasteiger partial charge in [0.2, 0.25) is 5.91 Å². The summed E-state index contributed by atoms with van der Waals surface area (Å²) in [5, 5.41) is 0.651. The molecule has 6 heteroatoms. The van der Waals surface area contributed by atoms with Gasteiger partial charge in [0.25, 0.3) is 0 Å². The van der Waals surface area contributed by atoms with Crippen molar-refractivity contribution in [3.05, 3.63) is 59.8 Å². The number of aliphatic imine (C=N–C) groups is 1. The summed E-state index contributed by atoms with van der Waals surface area (Å²) in [6, 6.07) is 9.01. The lowest BCUT2D eigenvalue weighted by atomic mass is 9.94. The van der Waals surface area contributed by atoms with Gasteiger partial charge in [-0.05, 0) is 12.5 Å². The van der Waals surface area contributed by atoms with E-state index in [2.05, 4.69) is 11.6 Å². The Bertz CT molecular complexity index is 740. The number of thioether (sulfide) groups is 1. The summed E-state index contributed by atoms with van der Waals surface area (Å²) in [6.07, 6.45) is 1.95. The van der Waals surface area contributed by atoms with Gasteiger partial charge in [0.05, 0.1) is 17.3 Å². The molecule has 0 N–H and O–H groups in total. The van der Waals surface area contributed by atoms with Crippen LogP contribution in [-0.4, -0.2) is 34.3 Å². The quantitative estimate of drug-likeness (QED) is 0.623. The van der Waals surface area contributed by atoms with Crippen LogP contribution in [0, 0.1) is 0 Å². The van der Waals surface area contributed by atoms with Crippen molar-refractivity contribution in [2.75, 3.05) is 12.4 Å².